The monoisotopic (exact) mass is 773 g/mol. The van der Waals surface area contributed by atoms with Crippen molar-refractivity contribution in [3.8, 4) is 57.2 Å². The fraction of sp³-hybridized carbons (Fsp3) is 0.273. The van der Waals surface area contributed by atoms with Gasteiger partial charge in [-0.2, -0.15) is 0 Å². The average Bonchev–Trinajstić information content (AvgIpc) is 3.21. The summed E-state index contributed by atoms with van der Waals surface area (Å²) >= 11 is 0. The maximum Gasteiger partial charge on any atom is 0.347 e. The molecule has 5 aromatic carbocycles. The van der Waals surface area contributed by atoms with E-state index >= 15 is 0 Å². The molecule has 1 aromatic heterocycles. The van der Waals surface area contributed by atoms with Gasteiger partial charge in [0.25, 0.3) is 0 Å². The molecule has 13 heteroatoms. The molecule has 0 radical (unpaired) electrons. The Labute approximate surface area is 329 Å². The zero-order valence-corrected chi connectivity index (χ0v) is 32.5. The number of hydrogen-bond donors (Lipinski definition) is 1. The van der Waals surface area contributed by atoms with Gasteiger partial charge in [0.2, 0.25) is 0 Å². The number of hydrogen-bond acceptors (Lipinski definition) is 13. The van der Waals surface area contributed by atoms with Crippen molar-refractivity contribution in [2.75, 3.05) is 19.8 Å². The summed E-state index contributed by atoms with van der Waals surface area (Å²) in [6.07, 6.45) is -2.62. The van der Waals surface area contributed by atoms with E-state index < -0.39 is 36.2 Å². The van der Waals surface area contributed by atoms with Gasteiger partial charge in [-0.1, -0.05) is 48.5 Å². The molecule has 0 aliphatic rings. The highest BCUT2D eigenvalue weighted by atomic mass is 16.6. The summed E-state index contributed by atoms with van der Waals surface area (Å²) in [6.45, 7) is 10.7. The lowest BCUT2D eigenvalue weighted by Gasteiger charge is -2.18. The smallest absolute Gasteiger partial charge is 0.347 e. The third-order valence-electron chi connectivity index (χ3n) is 8.87. The molecule has 1 heterocycles. The maximum absolute atomic E-state index is 12.4. The Morgan fingerprint density at radius 1 is 0.509 bits per heavy atom. The normalized spacial score (nSPS) is 12.7. The number of nitrogens with zero attached hydrogens (tertiary/aromatic N) is 3. The highest BCUT2D eigenvalue weighted by molar-refractivity contribution is 6.01. The Morgan fingerprint density at radius 3 is 1.28 bits per heavy atom. The first-order valence-electron chi connectivity index (χ1n) is 18.7. The number of phenolic OH excluding ortho intramolecular Hbond substituents is 1. The van der Waals surface area contributed by atoms with Gasteiger partial charge >= 0.3 is 17.9 Å². The van der Waals surface area contributed by atoms with E-state index in [1.807, 2.05) is 48.5 Å². The number of esters is 3. The zero-order chi connectivity index (χ0) is 40.6. The number of aromatic nitrogens is 3. The summed E-state index contributed by atoms with van der Waals surface area (Å²) in [5.74, 6) is 0.189. The second kappa shape index (κ2) is 17.8. The van der Waals surface area contributed by atoms with Gasteiger partial charge < -0.3 is 33.5 Å². The van der Waals surface area contributed by atoms with Gasteiger partial charge in [-0.25, -0.2) is 29.3 Å². The second-order valence-corrected chi connectivity index (χ2v) is 12.8. The van der Waals surface area contributed by atoms with E-state index in [2.05, 4.69) is 0 Å². The maximum atomic E-state index is 12.4. The van der Waals surface area contributed by atoms with Crippen LogP contribution in [0.25, 0.3) is 55.7 Å². The van der Waals surface area contributed by atoms with Crippen LogP contribution in [0.2, 0.25) is 0 Å². The molecule has 1 N–H and O–H groups in total. The molecule has 0 aliphatic heterocycles. The van der Waals surface area contributed by atoms with Crippen LogP contribution in [0.15, 0.2) is 91.0 Å². The van der Waals surface area contributed by atoms with Gasteiger partial charge in [-0.15, -0.1) is 0 Å². The van der Waals surface area contributed by atoms with Crippen molar-refractivity contribution in [2.45, 2.75) is 59.9 Å². The summed E-state index contributed by atoms with van der Waals surface area (Å²) < 4.78 is 33.3. The Hall–Kier alpha value is -6.76. The van der Waals surface area contributed by atoms with Crippen LogP contribution in [0.4, 0.5) is 0 Å². The molecule has 0 amide bonds. The Bertz CT molecular complexity index is 2310. The highest BCUT2D eigenvalue weighted by Gasteiger charge is 2.23. The van der Waals surface area contributed by atoms with Crippen molar-refractivity contribution in [2.24, 2.45) is 0 Å². The molecule has 0 saturated carbocycles. The molecule has 0 spiro atoms. The Balaban J connectivity index is 1.50. The lowest BCUT2D eigenvalue weighted by molar-refractivity contribution is -0.151. The van der Waals surface area contributed by atoms with Gasteiger partial charge in [-0.3, -0.25) is 0 Å². The second-order valence-electron chi connectivity index (χ2n) is 12.8. The molecular formula is C44H43N3O10. The van der Waals surface area contributed by atoms with E-state index in [9.17, 15) is 19.5 Å². The summed E-state index contributed by atoms with van der Waals surface area (Å²) in [5, 5.41) is 14.2. The highest BCUT2D eigenvalue weighted by Crippen LogP contribution is 2.39. The SMILES string of the molecule is CCOC(=O)C(C)Oc1ccc(-c2nc(-c3ccc(OC(C)C(=O)OCC)c4ccccc34)nc(-c3ccc(OC(C)C(=O)OCC)c4ccccc34)n2)c(O)c1. The lowest BCUT2D eigenvalue weighted by Crippen LogP contribution is -2.26. The van der Waals surface area contributed by atoms with E-state index in [0.717, 1.165) is 10.8 Å². The third kappa shape index (κ3) is 8.88. The molecule has 0 saturated heterocycles. The summed E-state index contributed by atoms with van der Waals surface area (Å²) in [6, 6.07) is 26.7. The predicted molar refractivity (Wildman–Crippen MR) is 213 cm³/mol. The molecule has 3 unspecified atom stereocenters. The molecule has 6 rings (SSSR count). The minimum absolute atomic E-state index is 0.151. The first-order valence-corrected chi connectivity index (χ1v) is 18.7. The predicted octanol–water partition coefficient (Wildman–Crippen LogP) is 7.88. The van der Waals surface area contributed by atoms with Crippen molar-refractivity contribution >= 4 is 39.5 Å². The van der Waals surface area contributed by atoms with Crippen LogP contribution < -0.4 is 14.2 Å². The Morgan fingerprint density at radius 2 is 0.877 bits per heavy atom. The van der Waals surface area contributed by atoms with Crippen LogP contribution in [-0.4, -0.2) is 76.1 Å². The first-order chi connectivity index (χ1) is 27.5. The number of fused-ring (bicyclic) bond motifs is 2. The quantitative estimate of drug-likeness (QED) is 0.0792. The molecule has 294 valence electrons. The van der Waals surface area contributed by atoms with Gasteiger partial charge in [0.1, 0.15) is 23.0 Å². The van der Waals surface area contributed by atoms with E-state index in [-0.39, 0.29) is 54.4 Å². The number of aromatic hydroxyl groups is 1. The van der Waals surface area contributed by atoms with Crippen LogP contribution in [0.3, 0.4) is 0 Å². The summed E-state index contributed by atoms with van der Waals surface area (Å²) in [5.41, 5.74) is 1.53. The molecule has 13 nitrogen and oxygen atoms in total. The van der Waals surface area contributed by atoms with Crippen molar-refractivity contribution in [1.82, 2.24) is 15.0 Å². The van der Waals surface area contributed by atoms with Gasteiger partial charge in [0.15, 0.2) is 35.8 Å². The number of phenols is 1. The van der Waals surface area contributed by atoms with Crippen LogP contribution in [-0.2, 0) is 28.6 Å². The van der Waals surface area contributed by atoms with Crippen molar-refractivity contribution in [3.05, 3.63) is 91.0 Å². The molecule has 57 heavy (non-hydrogen) atoms. The van der Waals surface area contributed by atoms with Gasteiger partial charge in [0, 0.05) is 28.0 Å². The molecular weight excluding hydrogens is 730 g/mol. The van der Waals surface area contributed by atoms with E-state index in [0.29, 0.717) is 33.4 Å². The Kier molecular flexibility index (Phi) is 12.5. The molecule has 3 atom stereocenters. The van der Waals surface area contributed by atoms with Gasteiger partial charge in [0.05, 0.1) is 25.4 Å². The van der Waals surface area contributed by atoms with Crippen molar-refractivity contribution in [1.29, 1.82) is 0 Å². The molecule has 0 fully saturated rings. The van der Waals surface area contributed by atoms with E-state index in [1.165, 1.54) is 6.07 Å². The minimum atomic E-state index is -0.911. The largest absolute Gasteiger partial charge is 0.507 e. The number of carbonyl (C=O) groups is 3. The standard InChI is InChI=1S/C44H43N3O10/c1-7-52-42(49)25(4)55-28-18-19-35(36(48)24-28)41-46-39(33-20-22-37(31-16-12-10-14-29(31)33)56-26(5)43(50)53-8-2)45-40(47-41)34-21-23-38(32-17-13-11-15-30(32)34)57-27(6)44(51)54-9-3/h10-27,48H,7-9H2,1-6H3. The van der Waals surface area contributed by atoms with Crippen molar-refractivity contribution in [3.63, 3.8) is 0 Å². The third-order valence-corrected chi connectivity index (χ3v) is 8.87. The molecule has 0 aliphatic carbocycles. The number of rotatable bonds is 15. The fourth-order valence-electron chi connectivity index (χ4n) is 6.16. The summed E-state index contributed by atoms with van der Waals surface area (Å²) in [4.78, 5) is 51.9. The lowest BCUT2D eigenvalue weighted by atomic mass is 10.0. The van der Waals surface area contributed by atoms with Crippen LogP contribution in [0, 0.1) is 0 Å². The number of benzene rings is 5. The van der Waals surface area contributed by atoms with Crippen LogP contribution in [0.5, 0.6) is 23.0 Å². The topological polar surface area (TPSA) is 165 Å². The fourth-order valence-corrected chi connectivity index (χ4v) is 6.16. The van der Waals surface area contributed by atoms with E-state index in [1.54, 1.807) is 77.9 Å². The van der Waals surface area contributed by atoms with Crippen LogP contribution in [0.1, 0.15) is 41.5 Å². The van der Waals surface area contributed by atoms with Crippen molar-refractivity contribution < 1.29 is 47.9 Å². The zero-order valence-electron chi connectivity index (χ0n) is 32.5. The van der Waals surface area contributed by atoms with Crippen LogP contribution >= 0.6 is 0 Å². The summed E-state index contributed by atoms with van der Waals surface area (Å²) in [7, 11) is 0. The van der Waals surface area contributed by atoms with E-state index in [4.69, 9.17) is 43.4 Å². The first kappa shape index (κ1) is 39.9. The average molecular weight is 774 g/mol. The number of carbonyl (C=O) groups excluding carboxylic acids is 3. The van der Waals surface area contributed by atoms with Gasteiger partial charge in [-0.05, 0) is 88.7 Å². The molecule has 0 bridgehead atoms. The number of ether oxygens (including phenoxy) is 6. The molecule has 6 aromatic rings. The minimum Gasteiger partial charge on any atom is -0.507 e.